The van der Waals surface area contributed by atoms with Gasteiger partial charge >= 0.3 is 0 Å². The van der Waals surface area contributed by atoms with Crippen molar-refractivity contribution in [2.75, 3.05) is 0 Å². The van der Waals surface area contributed by atoms with E-state index < -0.39 is 0 Å². The van der Waals surface area contributed by atoms with Gasteiger partial charge in [-0.05, 0) is 37.1 Å². The van der Waals surface area contributed by atoms with E-state index in [-0.39, 0.29) is 5.91 Å². The molecule has 1 amide bonds. The van der Waals surface area contributed by atoms with Gasteiger partial charge in [-0.3, -0.25) is 4.79 Å². The maximum absolute atomic E-state index is 12.1. The van der Waals surface area contributed by atoms with Crippen molar-refractivity contribution in [1.29, 1.82) is 0 Å². The van der Waals surface area contributed by atoms with E-state index in [0.717, 1.165) is 27.9 Å². The Kier molecular flexibility index (Phi) is 5.51. The van der Waals surface area contributed by atoms with Crippen LogP contribution in [0.5, 0.6) is 0 Å². The molecule has 0 aliphatic rings. The lowest BCUT2D eigenvalue weighted by atomic mass is 10.0. The van der Waals surface area contributed by atoms with Crippen LogP contribution in [-0.2, 0) is 17.8 Å². The Bertz CT molecular complexity index is 873. The zero-order valence-electron chi connectivity index (χ0n) is 14.0. The summed E-state index contributed by atoms with van der Waals surface area (Å²) < 4.78 is 5.12. The number of aryl methyl sites for hydroxylation is 2. The molecule has 1 heterocycles. The molecule has 1 N–H and O–H groups in total. The first-order chi connectivity index (χ1) is 12.1. The molecular weight excluding hydrogens is 336 g/mol. The number of amides is 1. The molecule has 128 valence electrons. The largest absolute Gasteiger partial charge is 0.364 e. The first-order valence-corrected chi connectivity index (χ1v) is 8.51. The summed E-state index contributed by atoms with van der Waals surface area (Å²) in [4.78, 5) is 12.1. The molecule has 5 heteroatoms. The summed E-state index contributed by atoms with van der Waals surface area (Å²) in [6, 6.07) is 15.5. The summed E-state index contributed by atoms with van der Waals surface area (Å²) in [6.45, 7) is 2.50. The molecule has 0 atom stereocenters. The highest BCUT2D eigenvalue weighted by atomic mass is 35.5. The Labute approximate surface area is 151 Å². The smallest absolute Gasteiger partial charge is 0.220 e. The van der Waals surface area contributed by atoms with Crippen molar-refractivity contribution in [3.8, 4) is 11.3 Å². The van der Waals surface area contributed by atoms with E-state index in [0.29, 0.717) is 24.4 Å². The van der Waals surface area contributed by atoms with Crippen LogP contribution in [0.2, 0.25) is 5.02 Å². The maximum atomic E-state index is 12.1. The Hall–Kier alpha value is -2.59. The van der Waals surface area contributed by atoms with Crippen LogP contribution in [-0.4, -0.2) is 11.1 Å². The molecular formula is C20H19ClN2O2. The molecule has 1 aromatic heterocycles. The Morgan fingerprint density at radius 3 is 2.84 bits per heavy atom. The van der Waals surface area contributed by atoms with Gasteiger partial charge in [0.2, 0.25) is 5.91 Å². The fourth-order valence-electron chi connectivity index (χ4n) is 2.65. The first-order valence-electron chi connectivity index (χ1n) is 8.13. The van der Waals surface area contributed by atoms with E-state index in [1.165, 1.54) is 0 Å². The molecule has 0 aliphatic heterocycles. The van der Waals surface area contributed by atoms with Crippen LogP contribution in [0.3, 0.4) is 0 Å². The Morgan fingerprint density at radius 2 is 2.04 bits per heavy atom. The lowest BCUT2D eigenvalue weighted by Crippen LogP contribution is -2.23. The third kappa shape index (κ3) is 4.70. The average Bonchev–Trinajstić information content (AvgIpc) is 3.07. The van der Waals surface area contributed by atoms with Gasteiger partial charge in [0.05, 0.1) is 0 Å². The van der Waals surface area contributed by atoms with Crippen LogP contribution < -0.4 is 5.32 Å². The Balaban J connectivity index is 1.57. The summed E-state index contributed by atoms with van der Waals surface area (Å²) in [5, 5.41) is 7.66. The highest BCUT2D eigenvalue weighted by Gasteiger charge is 2.12. The molecule has 3 aromatic rings. The zero-order valence-corrected chi connectivity index (χ0v) is 14.7. The van der Waals surface area contributed by atoms with Gasteiger partial charge in [-0.15, -0.1) is 0 Å². The number of carbonyl (C=O) groups is 1. The van der Waals surface area contributed by atoms with Gasteiger partial charge < -0.3 is 9.84 Å². The van der Waals surface area contributed by atoms with Gasteiger partial charge in [-0.25, -0.2) is 0 Å². The topological polar surface area (TPSA) is 55.1 Å². The van der Waals surface area contributed by atoms with Gasteiger partial charge in [0.15, 0.2) is 0 Å². The van der Waals surface area contributed by atoms with Gasteiger partial charge in [-0.2, -0.15) is 0 Å². The van der Waals surface area contributed by atoms with Crippen molar-refractivity contribution in [1.82, 2.24) is 10.5 Å². The van der Waals surface area contributed by atoms with Crippen LogP contribution in [0, 0.1) is 6.92 Å². The van der Waals surface area contributed by atoms with Crippen molar-refractivity contribution in [2.24, 2.45) is 0 Å². The number of halogens is 1. The molecule has 0 spiro atoms. The lowest BCUT2D eigenvalue weighted by Gasteiger charge is -2.06. The Morgan fingerprint density at radius 1 is 1.20 bits per heavy atom. The predicted octanol–water partition coefficient (Wildman–Crippen LogP) is 4.55. The summed E-state index contributed by atoms with van der Waals surface area (Å²) in [7, 11) is 0. The summed E-state index contributed by atoms with van der Waals surface area (Å²) in [6.07, 6.45) is 2.57. The minimum atomic E-state index is -0.0173. The molecule has 0 saturated carbocycles. The summed E-state index contributed by atoms with van der Waals surface area (Å²) >= 11 is 5.95. The number of benzene rings is 2. The van der Waals surface area contributed by atoms with Gasteiger partial charge in [0.1, 0.15) is 12.0 Å². The molecule has 0 bridgehead atoms. The minimum Gasteiger partial charge on any atom is -0.364 e. The number of hydrogen-bond donors (Lipinski definition) is 1. The predicted molar refractivity (Wildman–Crippen MR) is 98.3 cm³/mol. The van der Waals surface area contributed by atoms with Crippen molar-refractivity contribution in [3.05, 3.63) is 76.5 Å². The maximum Gasteiger partial charge on any atom is 0.220 e. The van der Waals surface area contributed by atoms with Gasteiger partial charge in [0.25, 0.3) is 0 Å². The van der Waals surface area contributed by atoms with Crippen LogP contribution in [0.4, 0.5) is 0 Å². The van der Waals surface area contributed by atoms with Gasteiger partial charge in [-0.1, -0.05) is 52.7 Å². The molecule has 3 rings (SSSR count). The SMILES string of the molecule is Cc1cccc(-c2nocc2CCC(=O)NCc2cccc(Cl)c2)c1. The second kappa shape index (κ2) is 7.99. The third-order valence-electron chi connectivity index (χ3n) is 3.93. The lowest BCUT2D eigenvalue weighted by molar-refractivity contribution is -0.121. The number of nitrogens with zero attached hydrogens (tertiary/aromatic N) is 1. The molecule has 0 fully saturated rings. The molecule has 0 aliphatic carbocycles. The standard InChI is InChI=1S/C20H19ClN2O2/c1-14-4-2-6-16(10-14)20-17(13-25-23-20)8-9-19(24)22-12-15-5-3-7-18(21)11-15/h2-7,10-11,13H,8-9,12H2,1H3,(H,22,24). The molecule has 4 nitrogen and oxygen atoms in total. The van der Waals surface area contributed by atoms with Crippen molar-refractivity contribution in [3.63, 3.8) is 0 Å². The molecule has 25 heavy (non-hydrogen) atoms. The van der Waals surface area contributed by atoms with E-state index in [1.807, 2.05) is 49.4 Å². The van der Waals surface area contributed by atoms with Crippen molar-refractivity contribution >= 4 is 17.5 Å². The molecule has 0 saturated heterocycles. The fraction of sp³-hybridized carbons (Fsp3) is 0.200. The molecule has 0 unspecified atom stereocenters. The second-order valence-corrected chi connectivity index (χ2v) is 6.40. The number of aromatic nitrogens is 1. The minimum absolute atomic E-state index is 0.0173. The highest BCUT2D eigenvalue weighted by molar-refractivity contribution is 6.30. The molecule has 2 aromatic carbocycles. The highest BCUT2D eigenvalue weighted by Crippen LogP contribution is 2.24. The van der Waals surface area contributed by atoms with E-state index in [2.05, 4.69) is 16.5 Å². The first kappa shape index (κ1) is 17.2. The number of hydrogen-bond acceptors (Lipinski definition) is 3. The van der Waals surface area contributed by atoms with Crippen molar-refractivity contribution < 1.29 is 9.32 Å². The van der Waals surface area contributed by atoms with Crippen LogP contribution in [0.15, 0.2) is 59.3 Å². The van der Waals surface area contributed by atoms with E-state index >= 15 is 0 Å². The average molecular weight is 355 g/mol. The van der Waals surface area contributed by atoms with Crippen LogP contribution in [0.25, 0.3) is 11.3 Å². The van der Waals surface area contributed by atoms with Gasteiger partial charge in [0, 0.05) is 29.1 Å². The quantitative estimate of drug-likeness (QED) is 0.706. The fourth-order valence-corrected chi connectivity index (χ4v) is 2.86. The number of rotatable bonds is 6. The summed E-state index contributed by atoms with van der Waals surface area (Å²) in [5.74, 6) is -0.0173. The van der Waals surface area contributed by atoms with Crippen LogP contribution >= 0.6 is 11.6 Å². The second-order valence-electron chi connectivity index (χ2n) is 5.96. The monoisotopic (exact) mass is 354 g/mol. The third-order valence-corrected chi connectivity index (χ3v) is 4.17. The van der Waals surface area contributed by atoms with Crippen LogP contribution in [0.1, 0.15) is 23.1 Å². The molecule has 0 radical (unpaired) electrons. The number of carbonyl (C=O) groups excluding carboxylic acids is 1. The van der Waals surface area contributed by atoms with E-state index in [4.69, 9.17) is 16.1 Å². The van der Waals surface area contributed by atoms with E-state index in [9.17, 15) is 4.79 Å². The van der Waals surface area contributed by atoms with Crippen molar-refractivity contribution in [2.45, 2.75) is 26.3 Å². The zero-order chi connectivity index (χ0) is 17.6. The number of nitrogens with one attached hydrogen (secondary N) is 1. The summed E-state index contributed by atoms with van der Waals surface area (Å²) in [5.41, 5.74) is 4.87. The van der Waals surface area contributed by atoms with E-state index in [1.54, 1.807) is 6.26 Å². The normalized spacial score (nSPS) is 10.6.